The SMILES string of the molecule is COc1cc(Br)cc([C@H]2C3=CC[C@@H]4C(=O)N(c5ccc(Nc6ccccc6)cc5)C(=O)[C@@H]4[C@@H]3C[C@H]3C(=O)N(c4ccc(Nc5ccccc5)cc4)C(=O)[C@@H]23)c1O. The molecule has 2 aliphatic heterocycles. The van der Waals surface area contributed by atoms with E-state index in [-0.39, 0.29) is 48.0 Å². The smallest absolute Gasteiger partial charge is 0.238 e. The Kier molecular flexibility index (Phi) is 8.96. The summed E-state index contributed by atoms with van der Waals surface area (Å²) < 4.78 is 6.14. The third-order valence-corrected chi connectivity index (χ3v) is 12.1. The fraction of sp³-hybridized carbons (Fsp3) is 0.200. The maximum absolute atomic E-state index is 14.7. The molecule has 2 heterocycles. The summed E-state index contributed by atoms with van der Waals surface area (Å²) >= 11 is 3.55. The average Bonchev–Trinajstić information content (AvgIpc) is 3.62. The van der Waals surface area contributed by atoms with E-state index in [1.54, 1.807) is 36.4 Å². The van der Waals surface area contributed by atoms with Gasteiger partial charge in [-0.3, -0.25) is 29.0 Å². The molecule has 2 saturated heterocycles. The van der Waals surface area contributed by atoms with Gasteiger partial charge in [-0.2, -0.15) is 0 Å². The minimum absolute atomic E-state index is 0.141. The molecule has 9 rings (SSSR count). The molecule has 0 bridgehead atoms. The Hall–Kier alpha value is -6.20. The van der Waals surface area contributed by atoms with Gasteiger partial charge in [0.1, 0.15) is 0 Å². The minimum Gasteiger partial charge on any atom is -0.504 e. The van der Waals surface area contributed by atoms with Gasteiger partial charge in [0.2, 0.25) is 23.6 Å². The number of aromatic hydroxyl groups is 1. The molecule has 0 unspecified atom stereocenters. The van der Waals surface area contributed by atoms with E-state index in [4.69, 9.17) is 4.74 Å². The second-order valence-corrected chi connectivity index (χ2v) is 15.6. The fourth-order valence-electron chi connectivity index (χ4n) is 9.20. The van der Waals surface area contributed by atoms with Gasteiger partial charge in [0.05, 0.1) is 42.2 Å². The number of benzene rings is 5. The molecule has 4 amide bonds. The number of phenolic OH excluding ortho intramolecular Hbond substituents is 1. The Morgan fingerprint density at radius 3 is 1.66 bits per heavy atom. The van der Waals surface area contributed by atoms with Gasteiger partial charge in [-0.15, -0.1) is 0 Å². The molecular formula is C45H37BrN4O6. The molecule has 3 N–H and O–H groups in total. The minimum atomic E-state index is -0.860. The van der Waals surface area contributed by atoms with Crippen LogP contribution in [0.15, 0.2) is 137 Å². The van der Waals surface area contributed by atoms with Crippen molar-refractivity contribution in [2.45, 2.75) is 18.8 Å². The first kappa shape index (κ1) is 35.5. The maximum atomic E-state index is 14.7. The maximum Gasteiger partial charge on any atom is 0.238 e. The zero-order valence-corrected chi connectivity index (χ0v) is 31.8. The van der Waals surface area contributed by atoms with E-state index >= 15 is 0 Å². The number of halogens is 1. The van der Waals surface area contributed by atoms with Crippen molar-refractivity contribution in [2.75, 3.05) is 27.5 Å². The molecule has 0 spiro atoms. The quantitative estimate of drug-likeness (QED) is 0.105. The summed E-state index contributed by atoms with van der Waals surface area (Å²) in [4.78, 5) is 60.4. The third kappa shape index (κ3) is 5.94. The number of rotatable bonds is 8. The summed E-state index contributed by atoms with van der Waals surface area (Å²) in [6.45, 7) is 0. The molecule has 5 aromatic carbocycles. The average molecular weight is 810 g/mol. The summed E-state index contributed by atoms with van der Waals surface area (Å²) in [5, 5.41) is 18.3. The molecule has 3 fully saturated rings. The van der Waals surface area contributed by atoms with Gasteiger partial charge in [-0.1, -0.05) is 64.0 Å². The monoisotopic (exact) mass is 808 g/mol. The lowest BCUT2D eigenvalue weighted by Gasteiger charge is -2.44. The van der Waals surface area contributed by atoms with Crippen LogP contribution < -0.4 is 25.2 Å². The van der Waals surface area contributed by atoms with Gasteiger partial charge < -0.3 is 20.5 Å². The lowest BCUT2D eigenvalue weighted by Crippen LogP contribution is -2.43. The lowest BCUT2D eigenvalue weighted by atomic mass is 9.57. The Morgan fingerprint density at radius 2 is 1.12 bits per heavy atom. The number of phenols is 1. The molecule has 4 aliphatic rings. The van der Waals surface area contributed by atoms with Crippen LogP contribution in [0.5, 0.6) is 11.5 Å². The van der Waals surface area contributed by atoms with Gasteiger partial charge in [-0.25, -0.2) is 0 Å². The highest BCUT2D eigenvalue weighted by atomic mass is 79.9. The number of hydrogen-bond acceptors (Lipinski definition) is 8. The summed E-state index contributed by atoms with van der Waals surface area (Å²) in [5.41, 5.74) is 5.50. The van der Waals surface area contributed by atoms with Crippen LogP contribution in [0.25, 0.3) is 0 Å². The van der Waals surface area contributed by atoms with Gasteiger partial charge in [0.25, 0.3) is 0 Å². The molecule has 0 radical (unpaired) electrons. The van der Waals surface area contributed by atoms with Crippen molar-refractivity contribution in [2.24, 2.45) is 29.6 Å². The van der Waals surface area contributed by atoms with E-state index in [0.29, 0.717) is 21.4 Å². The van der Waals surface area contributed by atoms with E-state index in [1.807, 2.05) is 91.0 Å². The molecule has 56 heavy (non-hydrogen) atoms. The number of nitrogens with one attached hydrogen (secondary N) is 2. The molecular weight excluding hydrogens is 772 g/mol. The van der Waals surface area contributed by atoms with Crippen LogP contribution in [0.4, 0.5) is 34.1 Å². The number of fused-ring (bicyclic) bond motifs is 4. The molecule has 6 atom stereocenters. The van der Waals surface area contributed by atoms with Crippen LogP contribution in [0.1, 0.15) is 24.3 Å². The summed E-state index contributed by atoms with van der Waals surface area (Å²) in [6.07, 6.45) is 2.46. The number of allylic oxidation sites excluding steroid dienone is 2. The van der Waals surface area contributed by atoms with Crippen LogP contribution in [-0.4, -0.2) is 35.8 Å². The second kappa shape index (κ2) is 14.1. The number of imide groups is 2. The number of ether oxygens (including phenoxy) is 1. The summed E-state index contributed by atoms with van der Waals surface area (Å²) in [5.74, 6) is -5.63. The zero-order valence-electron chi connectivity index (χ0n) is 30.3. The highest BCUT2D eigenvalue weighted by Gasteiger charge is 2.62. The van der Waals surface area contributed by atoms with E-state index < -0.39 is 35.5 Å². The van der Waals surface area contributed by atoms with Crippen molar-refractivity contribution < 1.29 is 29.0 Å². The number of carbonyl (C=O) groups is 4. The van der Waals surface area contributed by atoms with Crippen LogP contribution >= 0.6 is 15.9 Å². The first-order valence-corrected chi connectivity index (χ1v) is 19.4. The van der Waals surface area contributed by atoms with Crippen LogP contribution in [0, 0.1) is 29.6 Å². The van der Waals surface area contributed by atoms with E-state index in [9.17, 15) is 24.3 Å². The van der Waals surface area contributed by atoms with Crippen molar-refractivity contribution in [3.8, 4) is 11.5 Å². The van der Waals surface area contributed by atoms with E-state index in [2.05, 4.69) is 26.6 Å². The number of amides is 4. The number of carbonyl (C=O) groups excluding carboxylic acids is 4. The van der Waals surface area contributed by atoms with Crippen molar-refractivity contribution in [1.29, 1.82) is 0 Å². The molecule has 1 saturated carbocycles. The van der Waals surface area contributed by atoms with E-state index in [0.717, 1.165) is 28.3 Å². The Balaban J connectivity index is 1.06. The van der Waals surface area contributed by atoms with Crippen LogP contribution in [0.3, 0.4) is 0 Å². The van der Waals surface area contributed by atoms with Crippen molar-refractivity contribution in [1.82, 2.24) is 0 Å². The van der Waals surface area contributed by atoms with Crippen molar-refractivity contribution >= 4 is 73.7 Å². The van der Waals surface area contributed by atoms with Gasteiger partial charge in [0, 0.05) is 38.7 Å². The molecule has 10 nitrogen and oxygen atoms in total. The lowest BCUT2D eigenvalue weighted by molar-refractivity contribution is -0.126. The molecule has 5 aromatic rings. The van der Waals surface area contributed by atoms with Crippen molar-refractivity contribution in [3.05, 3.63) is 143 Å². The number of anilines is 6. The zero-order chi connectivity index (χ0) is 38.7. The molecule has 280 valence electrons. The summed E-state index contributed by atoms with van der Waals surface area (Å²) in [6, 6.07) is 37.1. The predicted molar refractivity (Wildman–Crippen MR) is 217 cm³/mol. The molecule has 11 heteroatoms. The fourth-order valence-corrected chi connectivity index (χ4v) is 9.65. The molecule has 2 aliphatic carbocycles. The largest absolute Gasteiger partial charge is 0.504 e. The van der Waals surface area contributed by atoms with Gasteiger partial charge in [0.15, 0.2) is 11.5 Å². The van der Waals surface area contributed by atoms with Gasteiger partial charge >= 0.3 is 0 Å². The van der Waals surface area contributed by atoms with Crippen LogP contribution in [0.2, 0.25) is 0 Å². The van der Waals surface area contributed by atoms with Crippen LogP contribution in [-0.2, 0) is 19.2 Å². The predicted octanol–water partition coefficient (Wildman–Crippen LogP) is 8.70. The number of nitrogens with zero attached hydrogens (tertiary/aromatic N) is 2. The normalized spacial score (nSPS) is 24.0. The number of hydrogen-bond donors (Lipinski definition) is 3. The Morgan fingerprint density at radius 1 is 0.625 bits per heavy atom. The summed E-state index contributed by atoms with van der Waals surface area (Å²) in [7, 11) is 1.45. The first-order valence-electron chi connectivity index (χ1n) is 18.6. The first-order chi connectivity index (χ1) is 27.2. The van der Waals surface area contributed by atoms with Gasteiger partial charge in [-0.05, 0) is 104 Å². The van der Waals surface area contributed by atoms with Crippen molar-refractivity contribution in [3.63, 3.8) is 0 Å². The number of methoxy groups -OCH3 is 1. The Bertz CT molecular complexity index is 2400. The Labute approximate surface area is 331 Å². The standard InChI is InChI=1S/C45H37BrN4O6/c1-56-37-23-25(46)22-35(41(37)51)38-32-20-21-33-39(44(54)49(42(33)52)30-16-12-28(13-17-30)47-26-8-4-2-5-9-26)34(32)24-36-40(38)45(55)50(43(36)53)31-18-14-29(15-19-31)48-27-10-6-3-7-11-27/h2-20,22-23,33-34,36,38-40,47-48,51H,21,24H2,1H3/t33-,34+,36+,38+,39-,40+/m0/s1. The number of para-hydroxylation sites is 2. The topological polar surface area (TPSA) is 128 Å². The molecule has 0 aromatic heterocycles. The second-order valence-electron chi connectivity index (χ2n) is 14.7. The van der Waals surface area contributed by atoms with E-state index in [1.165, 1.54) is 16.9 Å². The highest BCUT2D eigenvalue weighted by molar-refractivity contribution is 9.10. The third-order valence-electron chi connectivity index (χ3n) is 11.6. The highest BCUT2D eigenvalue weighted by Crippen LogP contribution is 2.60.